The summed E-state index contributed by atoms with van der Waals surface area (Å²) < 4.78 is 5.70. The molecule has 0 radical (unpaired) electrons. The van der Waals surface area contributed by atoms with Crippen molar-refractivity contribution in [2.75, 3.05) is 0 Å². The molecule has 0 bridgehead atoms. The van der Waals surface area contributed by atoms with Gasteiger partial charge in [-0.2, -0.15) is 0 Å². The molecule has 3 nitrogen and oxygen atoms in total. The summed E-state index contributed by atoms with van der Waals surface area (Å²) in [5.74, 6) is 0. The van der Waals surface area contributed by atoms with Gasteiger partial charge in [-0.25, -0.2) is 4.99 Å². The highest BCUT2D eigenvalue weighted by atomic mass is 16.5. The van der Waals surface area contributed by atoms with E-state index in [4.69, 9.17) is 4.74 Å². The van der Waals surface area contributed by atoms with Gasteiger partial charge in [0.25, 0.3) is 6.02 Å². The summed E-state index contributed by atoms with van der Waals surface area (Å²) in [6.45, 7) is 18.3. The first-order valence-corrected chi connectivity index (χ1v) is 6.24. The molecule has 0 unspecified atom stereocenters. The fraction of sp³-hybridized carbons (Fsp3) is 0.923. The molecular formula is C13H30N2O. The maximum atomic E-state index is 5.70. The topological polar surface area (TPSA) is 33.6 Å². The van der Waals surface area contributed by atoms with Crippen LogP contribution in [0.15, 0.2) is 4.99 Å². The molecule has 1 N–H and O–H groups in total. The number of hydrogen-bond acceptors (Lipinski definition) is 2. The molecule has 98 valence electrons. The van der Waals surface area contributed by atoms with Crippen molar-refractivity contribution in [1.29, 1.82) is 0 Å². The number of rotatable bonds is 2. The molecular weight excluding hydrogens is 200 g/mol. The summed E-state index contributed by atoms with van der Waals surface area (Å²) in [6.07, 6.45) is 0. The van der Waals surface area contributed by atoms with Gasteiger partial charge in [-0.1, -0.05) is 13.8 Å². The fourth-order valence-corrected chi connectivity index (χ4v) is 0.865. The van der Waals surface area contributed by atoms with Crippen molar-refractivity contribution in [3.05, 3.63) is 0 Å². The molecule has 0 saturated carbocycles. The minimum absolute atomic E-state index is 0.199. The predicted molar refractivity (Wildman–Crippen MR) is 73.0 cm³/mol. The maximum Gasteiger partial charge on any atom is 0.285 e. The summed E-state index contributed by atoms with van der Waals surface area (Å²) >= 11 is 0. The van der Waals surface area contributed by atoms with Crippen LogP contribution in [0, 0.1) is 0 Å². The van der Waals surface area contributed by atoms with Crippen LogP contribution < -0.4 is 5.32 Å². The molecule has 0 aromatic rings. The number of hydrogen-bond donors (Lipinski definition) is 1. The van der Waals surface area contributed by atoms with Crippen molar-refractivity contribution in [3.63, 3.8) is 0 Å². The van der Waals surface area contributed by atoms with Gasteiger partial charge in [-0.05, 0) is 48.5 Å². The largest absolute Gasteiger partial charge is 0.460 e. The molecule has 0 amide bonds. The molecule has 0 aliphatic carbocycles. The molecule has 0 aromatic heterocycles. The van der Waals surface area contributed by atoms with E-state index < -0.39 is 0 Å². The van der Waals surface area contributed by atoms with E-state index in [0.29, 0.717) is 12.1 Å². The quantitative estimate of drug-likeness (QED) is 0.581. The van der Waals surface area contributed by atoms with Gasteiger partial charge in [-0.3, -0.25) is 0 Å². The monoisotopic (exact) mass is 230 g/mol. The summed E-state index contributed by atoms with van der Waals surface area (Å²) in [4.78, 5) is 4.39. The highest BCUT2D eigenvalue weighted by molar-refractivity contribution is 5.74. The molecule has 0 heterocycles. The van der Waals surface area contributed by atoms with Gasteiger partial charge in [-0.15, -0.1) is 0 Å². The third-order valence-electron chi connectivity index (χ3n) is 1.19. The number of nitrogens with one attached hydrogen (secondary N) is 1. The van der Waals surface area contributed by atoms with Gasteiger partial charge in [0.1, 0.15) is 5.60 Å². The second kappa shape index (κ2) is 8.43. The Kier molecular flexibility index (Phi) is 9.30. The molecule has 0 saturated heterocycles. The highest BCUT2D eigenvalue weighted by Gasteiger charge is 2.15. The lowest BCUT2D eigenvalue weighted by atomic mass is 10.2. The van der Waals surface area contributed by atoms with Crippen molar-refractivity contribution in [2.24, 2.45) is 4.99 Å². The molecule has 0 aliphatic heterocycles. The maximum absolute atomic E-state index is 5.70. The van der Waals surface area contributed by atoms with Gasteiger partial charge in [0.2, 0.25) is 0 Å². The van der Waals surface area contributed by atoms with Gasteiger partial charge in [0.15, 0.2) is 0 Å². The van der Waals surface area contributed by atoms with Crippen LogP contribution in [-0.4, -0.2) is 23.7 Å². The first-order valence-electron chi connectivity index (χ1n) is 6.24. The van der Waals surface area contributed by atoms with Crippen LogP contribution in [0.4, 0.5) is 0 Å². The summed E-state index contributed by atoms with van der Waals surface area (Å²) in [5.41, 5.74) is -0.199. The standard InChI is InChI=1S/C11H24N2O.C2H6/c1-8(2)12-10(13-9(3)4)14-11(5,6)7;1-2/h8-9H,1-7H3,(H,12,13);1-2H3. The van der Waals surface area contributed by atoms with Gasteiger partial charge in [0.05, 0.1) is 0 Å². The van der Waals surface area contributed by atoms with E-state index in [9.17, 15) is 0 Å². The minimum atomic E-state index is -0.199. The Hall–Kier alpha value is -0.730. The molecule has 3 heteroatoms. The fourth-order valence-electron chi connectivity index (χ4n) is 0.865. The Labute approximate surface area is 102 Å². The van der Waals surface area contributed by atoms with E-state index in [-0.39, 0.29) is 11.6 Å². The zero-order chi connectivity index (χ0) is 13.4. The van der Waals surface area contributed by atoms with Crippen LogP contribution in [0.1, 0.15) is 62.3 Å². The second-order valence-electron chi connectivity index (χ2n) is 5.04. The molecule has 0 aromatic carbocycles. The Balaban J connectivity index is 0. The first-order chi connectivity index (χ1) is 7.20. The van der Waals surface area contributed by atoms with E-state index in [1.807, 2.05) is 48.5 Å². The van der Waals surface area contributed by atoms with Crippen molar-refractivity contribution in [2.45, 2.75) is 80.0 Å². The molecule has 0 spiro atoms. The smallest absolute Gasteiger partial charge is 0.285 e. The van der Waals surface area contributed by atoms with Gasteiger partial charge >= 0.3 is 0 Å². The number of nitrogens with zero attached hydrogens (tertiary/aromatic N) is 1. The van der Waals surface area contributed by atoms with Gasteiger partial charge < -0.3 is 10.1 Å². The number of ether oxygens (including phenoxy) is 1. The third-order valence-corrected chi connectivity index (χ3v) is 1.19. The Bertz CT molecular complexity index is 191. The van der Waals surface area contributed by atoms with Crippen LogP contribution in [0.3, 0.4) is 0 Å². The summed E-state index contributed by atoms with van der Waals surface area (Å²) in [7, 11) is 0. The van der Waals surface area contributed by atoms with Crippen molar-refractivity contribution >= 4 is 6.02 Å². The number of aliphatic imine (C=N–C) groups is 1. The Morgan fingerprint density at radius 2 is 1.50 bits per heavy atom. The normalized spacial score (nSPS) is 12.3. The average Bonchev–Trinajstić information content (AvgIpc) is 2.01. The zero-order valence-corrected chi connectivity index (χ0v) is 12.5. The third kappa shape index (κ3) is 13.3. The molecule has 16 heavy (non-hydrogen) atoms. The number of amidine groups is 1. The molecule has 0 rings (SSSR count). The first kappa shape index (κ1) is 17.7. The van der Waals surface area contributed by atoms with E-state index in [1.165, 1.54) is 0 Å². The van der Waals surface area contributed by atoms with Crippen molar-refractivity contribution in [1.82, 2.24) is 5.32 Å². The Morgan fingerprint density at radius 3 is 1.75 bits per heavy atom. The molecule has 0 aliphatic rings. The van der Waals surface area contributed by atoms with Crippen LogP contribution in [0.2, 0.25) is 0 Å². The minimum Gasteiger partial charge on any atom is -0.460 e. The zero-order valence-electron chi connectivity index (χ0n) is 12.5. The lowest BCUT2D eigenvalue weighted by Crippen LogP contribution is -2.38. The second-order valence-corrected chi connectivity index (χ2v) is 5.04. The Morgan fingerprint density at radius 1 is 1.06 bits per heavy atom. The van der Waals surface area contributed by atoms with Crippen LogP contribution >= 0.6 is 0 Å². The van der Waals surface area contributed by atoms with Crippen LogP contribution in [0.25, 0.3) is 0 Å². The lowest BCUT2D eigenvalue weighted by Gasteiger charge is -2.24. The SMILES string of the molecule is CC.CC(C)N=C(NC(C)C)OC(C)(C)C. The van der Waals surface area contributed by atoms with Crippen molar-refractivity contribution in [3.8, 4) is 0 Å². The molecule has 0 fully saturated rings. The summed E-state index contributed by atoms with van der Waals surface area (Å²) in [6, 6.07) is 1.23. The van der Waals surface area contributed by atoms with E-state index in [2.05, 4.69) is 24.2 Å². The molecule has 0 atom stereocenters. The van der Waals surface area contributed by atoms with E-state index in [0.717, 1.165) is 0 Å². The lowest BCUT2D eigenvalue weighted by molar-refractivity contribution is 0.106. The van der Waals surface area contributed by atoms with Gasteiger partial charge in [0, 0.05) is 12.1 Å². The van der Waals surface area contributed by atoms with E-state index in [1.54, 1.807) is 0 Å². The average molecular weight is 230 g/mol. The van der Waals surface area contributed by atoms with Crippen LogP contribution in [-0.2, 0) is 4.74 Å². The van der Waals surface area contributed by atoms with E-state index >= 15 is 0 Å². The van der Waals surface area contributed by atoms with Crippen LogP contribution in [0.5, 0.6) is 0 Å². The summed E-state index contributed by atoms with van der Waals surface area (Å²) in [5, 5.41) is 3.20. The highest BCUT2D eigenvalue weighted by Crippen LogP contribution is 2.07. The predicted octanol–water partition coefficient (Wildman–Crippen LogP) is 3.59. The van der Waals surface area contributed by atoms with Crippen molar-refractivity contribution < 1.29 is 4.74 Å².